The number of carboxylic acids is 1. The largest absolute Gasteiger partial charge is 1.00 e. The average Bonchev–Trinajstić information content (AvgIpc) is 3.15. The molecular formula is C26H19N2NaO4S. The molecule has 0 aliphatic carbocycles. The molecule has 4 rings (SSSR count). The second-order valence-electron chi connectivity index (χ2n) is 7.35. The van der Waals surface area contributed by atoms with Crippen molar-refractivity contribution in [3.63, 3.8) is 0 Å². The Bertz CT molecular complexity index is 1390. The van der Waals surface area contributed by atoms with Gasteiger partial charge >= 0.3 is 35.7 Å². The van der Waals surface area contributed by atoms with Gasteiger partial charge in [0.1, 0.15) is 11.5 Å². The van der Waals surface area contributed by atoms with Crippen molar-refractivity contribution in [2.75, 3.05) is 5.32 Å². The smallest absolute Gasteiger partial charge is 0.550 e. The molecule has 0 aliphatic rings. The number of aliphatic carboxylic acids is 1. The van der Waals surface area contributed by atoms with E-state index in [9.17, 15) is 14.7 Å². The van der Waals surface area contributed by atoms with E-state index in [2.05, 4.69) is 21.5 Å². The van der Waals surface area contributed by atoms with Gasteiger partial charge in [-0.2, -0.15) is 4.37 Å². The molecule has 0 bridgehead atoms. The quantitative estimate of drug-likeness (QED) is 0.342. The topological polar surface area (TPSA) is 91.4 Å². The summed E-state index contributed by atoms with van der Waals surface area (Å²) in [6.07, 6.45) is -0.686. The molecule has 1 aromatic heterocycles. The molecule has 1 N–H and O–H groups in total. The van der Waals surface area contributed by atoms with Crippen molar-refractivity contribution in [1.82, 2.24) is 4.37 Å². The number of nitrogens with one attached hydrogen (secondary N) is 1. The normalized spacial score (nSPS) is 10.0. The molecule has 1 heterocycles. The van der Waals surface area contributed by atoms with Crippen molar-refractivity contribution >= 4 is 40.1 Å². The summed E-state index contributed by atoms with van der Waals surface area (Å²) in [5.74, 6) is 5.08. The second kappa shape index (κ2) is 11.8. The number of hydrogen-bond acceptors (Lipinski definition) is 6. The van der Waals surface area contributed by atoms with Crippen LogP contribution < -0.4 is 40.0 Å². The van der Waals surface area contributed by atoms with E-state index in [1.54, 1.807) is 13.0 Å². The molecule has 0 saturated heterocycles. The number of anilines is 1. The third-order valence-electron chi connectivity index (χ3n) is 4.88. The zero-order valence-corrected chi connectivity index (χ0v) is 21.6. The van der Waals surface area contributed by atoms with Gasteiger partial charge in [-0.25, -0.2) is 4.79 Å². The number of rotatable bonds is 5. The number of ether oxygens (including phenoxy) is 1. The fourth-order valence-corrected chi connectivity index (χ4v) is 3.95. The zero-order chi connectivity index (χ0) is 23.2. The average molecular weight is 479 g/mol. The number of nitrogens with zero attached hydrogens (tertiary/aromatic N) is 1. The minimum absolute atomic E-state index is 0. The summed E-state index contributed by atoms with van der Waals surface area (Å²) < 4.78 is 9.59. The first kappa shape index (κ1) is 25.5. The molecule has 1 amide bonds. The Morgan fingerprint density at radius 2 is 1.74 bits per heavy atom. The van der Waals surface area contributed by atoms with Crippen molar-refractivity contribution in [3.05, 3.63) is 94.0 Å². The first-order chi connectivity index (χ1) is 16.0. The number of amides is 1. The van der Waals surface area contributed by atoms with Crippen molar-refractivity contribution < 1.29 is 49.0 Å². The standard InChI is InChI=1S/C26H20N2O4S.Na/c1-17-25(27-26(31)32-16-19-5-3-2-4-6-19)23(33-28-17)12-9-18-7-10-22-14-20(15-24(29)30)8-11-21(22)13-18;/h2-8,10-11,13-14H,15-16H2,1H3,(H,27,31)(H,29,30);/q;+1/p-1. The van der Waals surface area contributed by atoms with Crippen LogP contribution in [0, 0.1) is 18.8 Å². The minimum Gasteiger partial charge on any atom is -0.550 e. The predicted molar refractivity (Wildman–Crippen MR) is 126 cm³/mol. The maximum atomic E-state index is 12.3. The van der Waals surface area contributed by atoms with Gasteiger partial charge < -0.3 is 14.6 Å². The van der Waals surface area contributed by atoms with Crippen LogP contribution in [0.4, 0.5) is 10.5 Å². The van der Waals surface area contributed by atoms with Crippen molar-refractivity contribution in [3.8, 4) is 11.8 Å². The number of aryl methyl sites for hydroxylation is 1. The SMILES string of the molecule is Cc1nsc(C#Cc2ccc3cc(CC(=O)[O-])ccc3c2)c1NC(=O)OCc1ccccc1.[Na+]. The summed E-state index contributed by atoms with van der Waals surface area (Å²) in [6, 6.07) is 20.6. The molecular weight excluding hydrogens is 459 g/mol. The van der Waals surface area contributed by atoms with E-state index in [0.29, 0.717) is 21.8 Å². The number of hydrogen-bond donors (Lipinski definition) is 1. The van der Waals surface area contributed by atoms with Crippen LogP contribution in [0.2, 0.25) is 0 Å². The van der Waals surface area contributed by atoms with E-state index in [-0.39, 0.29) is 42.6 Å². The van der Waals surface area contributed by atoms with Gasteiger partial charge in [0.05, 0.1) is 11.4 Å². The van der Waals surface area contributed by atoms with Gasteiger partial charge in [-0.3, -0.25) is 5.32 Å². The van der Waals surface area contributed by atoms with E-state index >= 15 is 0 Å². The Morgan fingerprint density at radius 1 is 1.00 bits per heavy atom. The summed E-state index contributed by atoms with van der Waals surface area (Å²) >= 11 is 1.21. The third-order valence-corrected chi connectivity index (χ3v) is 5.73. The Hall–Kier alpha value is -3.15. The molecule has 0 aliphatic heterocycles. The third kappa shape index (κ3) is 6.69. The molecule has 0 radical (unpaired) electrons. The van der Waals surface area contributed by atoms with E-state index in [1.165, 1.54) is 11.5 Å². The number of aromatic nitrogens is 1. The summed E-state index contributed by atoms with van der Waals surface area (Å²) in [7, 11) is 0. The van der Waals surface area contributed by atoms with Crippen molar-refractivity contribution in [2.24, 2.45) is 0 Å². The molecule has 0 unspecified atom stereocenters. The monoisotopic (exact) mass is 478 g/mol. The van der Waals surface area contributed by atoms with Crippen LogP contribution in [0.5, 0.6) is 0 Å². The molecule has 3 aromatic carbocycles. The van der Waals surface area contributed by atoms with Crippen LogP contribution >= 0.6 is 11.5 Å². The molecule has 34 heavy (non-hydrogen) atoms. The second-order valence-corrected chi connectivity index (χ2v) is 8.13. The van der Waals surface area contributed by atoms with Gasteiger partial charge in [0, 0.05) is 18.0 Å². The van der Waals surface area contributed by atoms with Crippen LogP contribution in [0.1, 0.15) is 27.3 Å². The van der Waals surface area contributed by atoms with Gasteiger partial charge in [-0.1, -0.05) is 60.5 Å². The van der Waals surface area contributed by atoms with E-state index in [0.717, 1.165) is 21.9 Å². The molecule has 0 fully saturated rings. The maximum Gasteiger partial charge on any atom is 1.00 e. The van der Waals surface area contributed by atoms with E-state index < -0.39 is 12.1 Å². The van der Waals surface area contributed by atoms with Gasteiger partial charge in [-0.05, 0) is 58.4 Å². The van der Waals surface area contributed by atoms with Gasteiger partial charge in [0.25, 0.3) is 0 Å². The van der Waals surface area contributed by atoms with E-state index in [1.807, 2.05) is 60.7 Å². The van der Waals surface area contributed by atoms with Crippen LogP contribution in [-0.4, -0.2) is 16.4 Å². The zero-order valence-electron chi connectivity index (χ0n) is 18.8. The Kier molecular flexibility index (Phi) is 8.85. The summed E-state index contributed by atoms with van der Waals surface area (Å²) in [6.45, 7) is 1.97. The summed E-state index contributed by atoms with van der Waals surface area (Å²) in [5.41, 5.74) is 3.59. The molecule has 164 valence electrons. The van der Waals surface area contributed by atoms with Gasteiger partial charge in [0.15, 0.2) is 0 Å². The molecule has 0 atom stereocenters. The molecule has 0 saturated carbocycles. The Labute approximate surface area is 223 Å². The summed E-state index contributed by atoms with van der Waals surface area (Å²) in [4.78, 5) is 23.7. The maximum absolute atomic E-state index is 12.3. The molecule has 6 nitrogen and oxygen atoms in total. The van der Waals surface area contributed by atoms with Crippen LogP contribution in [-0.2, 0) is 22.6 Å². The van der Waals surface area contributed by atoms with Gasteiger partial charge in [-0.15, -0.1) is 0 Å². The first-order valence-corrected chi connectivity index (χ1v) is 10.9. The molecule has 0 spiro atoms. The number of benzene rings is 3. The first-order valence-electron chi connectivity index (χ1n) is 10.2. The van der Waals surface area contributed by atoms with Crippen molar-refractivity contribution in [2.45, 2.75) is 20.0 Å². The van der Waals surface area contributed by atoms with E-state index in [4.69, 9.17) is 4.74 Å². The summed E-state index contributed by atoms with van der Waals surface area (Å²) in [5, 5.41) is 15.4. The fraction of sp³-hybridized carbons (Fsp3) is 0.115. The number of carbonyl (C=O) groups excluding carboxylic acids is 2. The fourth-order valence-electron chi connectivity index (χ4n) is 3.24. The predicted octanol–water partition coefficient (Wildman–Crippen LogP) is 1.05. The molecule has 4 aromatic rings. The van der Waals surface area contributed by atoms with Gasteiger partial charge in [0.2, 0.25) is 0 Å². The molecule has 8 heteroatoms. The number of carbonyl (C=O) groups is 2. The number of carboxylic acid groups (broad SMARTS) is 1. The van der Waals surface area contributed by atoms with Crippen LogP contribution in [0.25, 0.3) is 10.8 Å². The van der Waals surface area contributed by atoms with Crippen LogP contribution in [0.3, 0.4) is 0 Å². The van der Waals surface area contributed by atoms with Crippen molar-refractivity contribution in [1.29, 1.82) is 0 Å². The minimum atomic E-state index is -1.11. The van der Waals surface area contributed by atoms with Crippen LogP contribution in [0.15, 0.2) is 66.7 Å². The Balaban J connectivity index is 0.00000324. The Morgan fingerprint density at radius 3 is 2.50 bits per heavy atom. The number of fused-ring (bicyclic) bond motifs is 1.